The molecule has 240 valence electrons. The maximum Gasteiger partial charge on any atom is 0.407 e. The Morgan fingerprint density at radius 3 is 2.26 bits per heavy atom. The first kappa shape index (κ1) is 35.6. The number of anilines is 1. The molecule has 1 aromatic rings. The molecule has 1 aromatic heterocycles. The van der Waals surface area contributed by atoms with Gasteiger partial charge >= 0.3 is 12.1 Å². The lowest BCUT2D eigenvalue weighted by Crippen LogP contribution is -2.51. The summed E-state index contributed by atoms with van der Waals surface area (Å²) in [6.45, 7) is 13.7. The molecule has 3 amide bonds. The smallest absolute Gasteiger partial charge is 0.407 e. The van der Waals surface area contributed by atoms with E-state index in [0.29, 0.717) is 24.8 Å². The third kappa shape index (κ3) is 14.5. The minimum Gasteiger partial charge on any atom is -0.449 e. The number of alkyl carbamates (subject to hydrolysis) is 1. The van der Waals surface area contributed by atoms with E-state index in [4.69, 9.17) is 4.74 Å². The fourth-order valence-electron chi connectivity index (χ4n) is 6.74. The van der Waals surface area contributed by atoms with Gasteiger partial charge in [-0.15, -0.1) is 0 Å². The Labute approximate surface area is 254 Å². The first-order chi connectivity index (χ1) is 19.9. The zero-order chi connectivity index (χ0) is 31.0. The molecule has 2 rings (SSSR count). The van der Waals surface area contributed by atoms with Crippen LogP contribution in [0.2, 0.25) is 0 Å². The molecule has 42 heavy (non-hydrogen) atoms. The zero-order valence-electron chi connectivity index (χ0n) is 27.3. The molecule has 1 aliphatic rings. The molecule has 0 aromatic carbocycles. The van der Waals surface area contributed by atoms with E-state index < -0.39 is 6.03 Å². The highest BCUT2D eigenvalue weighted by Crippen LogP contribution is 2.45. The number of nitrogens with one attached hydrogen (secondary N) is 4. The van der Waals surface area contributed by atoms with Gasteiger partial charge in [-0.05, 0) is 55.8 Å². The van der Waals surface area contributed by atoms with Crippen molar-refractivity contribution in [2.24, 2.45) is 16.7 Å². The van der Waals surface area contributed by atoms with Crippen LogP contribution in [0.1, 0.15) is 137 Å². The highest BCUT2D eigenvalue weighted by Gasteiger charge is 2.42. The lowest BCUT2D eigenvalue weighted by molar-refractivity contribution is 0.0635. The van der Waals surface area contributed by atoms with E-state index in [-0.39, 0.29) is 34.5 Å². The van der Waals surface area contributed by atoms with Crippen molar-refractivity contribution in [3.63, 3.8) is 0 Å². The van der Waals surface area contributed by atoms with Gasteiger partial charge in [-0.3, -0.25) is 15.1 Å². The van der Waals surface area contributed by atoms with E-state index in [2.05, 4.69) is 60.5 Å². The molecule has 3 unspecified atom stereocenters. The summed E-state index contributed by atoms with van der Waals surface area (Å²) >= 11 is 0. The number of urea groups is 1. The molecule has 0 radical (unpaired) electrons. The second-order valence-corrected chi connectivity index (χ2v) is 13.8. The molecule has 3 atom stereocenters. The van der Waals surface area contributed by atoms with Crippen LogP contribution in [0.25, 0.3) is 0 Å². The van der Waals surface area contributed by atoms with Gasteiger partial charge in [0, 0.05) is 24.3 Å². The molecule has 0 spiro atoms. The van der Waals surface area contributed by atoms with Crippen LogP contribution in [0.4, 0.5) is 15.5 Å². The van der Waals surface area contributed by atoms with Gasteiger partial charge in [0.25, 0.3) is 5.56 Å². The van der Waals surface area contributed by atoms with Crippen molar-refractivity contribution in [1.29, 1.82) is 0 Å². The summed E-state index contributed by atoms with van der Waals surface area (Å²) in [5.74, 6) is 0.543. The molecule has 0 aliphatic heterocycles. The standard InChI is InChI=1S/C33H59N5O4/c1-7-9-11-13-14-16-18-26(17-15-12-10-8-2)22-42-31(41)36-27-20-32(4,5)23-33(6,21-27)24-34-30(40)38-29-35-25(3)19-28(39)37-29/h19,26-27H,7-18,20-24H2,1-6H3,(H,36,41)(H3,34,35,37,38,39,40). The molecule has 4 N–H and O–H groups in total. The predicted octanol–water partition coefficient (Wildman–Crippen LogP) is 7.85. The van der Waals surface area contributed by atoms with Crippen molar-refractivity contribution in [2.45, 2.75) is 144 Å². The van der Waals surface area contributed by atoms with Crippen molar-refractivity contribution in [3.8, 4) is 0 Å². The normalized spacial score (nSPS) is 20.5. The molecule has 0 bridgehead atoms. The third-order valence-corrected chi connectivity index (χ3v) is 8.42. The average molecular weight is 590 g/mol. The summed E-state index contributed by atoms with van der Waals surface area (Å²) in [4.78, 5) is 43.9. The monoisotopic (exact) mass is 589 g/mol. The fraction of sp³-hybridized carbons (Fsp3) is 0.818. The number of ether oxygens (including phenoxy) is 1. The van der Waals surface area contributed by atoms with Gasteiger partial charge in [0.05, 0.1) is 6.61 Å². The lowest BCUT2D eigenvalue weighted by Gasteiger charge is -2.46. The van der Waals surface area contributed by atoms with Gasteiger partial charge in [0.15, 0.2) is 0 Å². The Bertz CT molecular complexity index is 1010. The minimum atomic E-state index is -0.424. The van der Waals surface area contributed by atoms with E-state index >= 15 is 0 Å². The largest absolute Gasteiger partial charge is 0.449 e. The number of carbonyl (C=O) groups is 2. The molecule has 1 saturated carbocycles. The maximum atomic E-state index is 12.9. The van der Waals surface area contributed by atoms with Gasteiger partial charge < -0.3 is 15.4 Å². The Hall–Kier alpha value is -2.58. The number of carbonyl (C=O) groups excluding carboxylic acids is 2. The van der Waals surface area contributed by atoms with Crippen LogP contribution in [0, 0.1) is 23.7 Å². The molecule has 1 heterocycles. The first-order valence-corrected chi connectivity index (χ1v) is 16.5. The van der Waals surface area contributed by atoms with Crippen LogP contribution in [0.5, 0.6) is 0 Å². The summed E-state index contributed by atoms with van der Waals surface area (Å²) in [5.41, 5.74) is -0.0123. The Balaban J connectivity index is 1.86. The number of H-pyrrole nitrogens is 1. The quantitative estimate of drug-likeness (QED) is 0.130. The molecular formula is C33H59N5O4. The topological polar surface area (TPSA) is 125 Å². The number of nitrogens with zero attached hydrogens (tertiary/aromatic N) is 1. The average Bonchev–Trinajstić information content (AvgIpc) is 2.88. The second-order valence-electron chi connectivity index (χ2n) is 13.8. The van der Waals surface area contributed by atoms with Crippen molar-refractivity contribution in [1.82, 2.24) is 20.6 Å². The number of aromatic nitrogens is 2. The van der Waals surface area contributed by atoms with Gasteiger partial charge in [-0.25, -0.2) is 14.6 Å². The summed E-state index contributed by atoms with van der Waals surface area (Å²) in [6, 6.07) is 0.913. The molecule has 9 nitrogen and oxygen atoms in total. The number of aromatic amines is 1. The van der Waals surface area contributed by atoms with E-state index in [1.54, 1.807) is 6.92 Å². The van der Waals surface area contributed by atoms with Crippen molar-refractivity contribution in [2.75, 3.05) is 18.5 Å². The van der Waals surface area contributed by atoms with Crippen LogP contribution >= 0.6 is 0 Å². The second kappa shape index (κ2) is 18.2. The van der Waals surface area contributed by atoms with Crippen molar-refractivity contribution in [3.05, 3.63) is 22.1 Å². The van der Waals surface area contributed by atoms with E-state index in [9.17, 15) is 14.4 Å². The van der Waals surface area contributed by atoms with Gasteiger partial charge in [0.1, 0.15) is 0 Å². The van der Waals surface area contributed by atoms with Crippen LogP contribution in [0.3, 0.4) is 0 Å². The zero-order valence-corrected chi connectivity index (χ0v) is 27.3. The maximum absolute atomic E-state index is 12.9. The van der Waals surface area contributed by atoms with Gasteiger partial charge in [0.2, 0.25) is 5.95 Å². The van der Waals surface area contributed by atoms with Gasteiger partial charge in [-0.2, -0.15) is 0 Å². The summed E-state index contributed by atoms with van der Waals surface area (Å²) in [7, 11) is 0. The van der Waals surface area contributed by atoms with Crippen molar-refractivity contribution < 1.29 is 14.3 Å². The van der Waals surface area contributed by atoms with Crippen molar-refractivity contribution >= 4 is 18.1 Å². The molecule has 1 aliphatic carbocycles. The number of amides is 3. The van der Waals surface area contributed by atoms with Crippen LogP contribution < -0.4 is 21.5 Å². The van der Waals surface area contributed by atoms with E-state index in [1.807, 2.05) is 0 Å². The minimum absolute atomic E-state index is 0.00791. The van der Waals surface area contributed by atoms with E-state index in [1.165, 1.54) is 70.3 Å². The summed E-state index contributed by atoms with van der Waals surface area (Å²) in [5, 5.41) is 8.71. The van der Waals surface area contributed by atoms with Gasteiger partial charge in [-0.1, -0.05) is 98.8 Å². The molecular weight excluding hydrogens is 530 g/mol. The van der Waals surface area contributed by atoms with E-state index in [0.717, 1.165) is 32.1 Å². The van der Waals surface area contributed by atoms with Crippen LogP contribution in [-0.2, 0) is 4.74 Å². The first-order valence-electron chi connectivity index (χ1n) is 16.5. The predicted molar refractivity (Wildman–Crippen MR) is 171 cm³/mol. The molecule has 9 heteroatoms. The highest BCUT2D eigenvalue weighted by molar-refractivity contribution is 5.87. The fourth-order valence-corrected chi connectivity index (χ4v) is 6.74. The number of hydrogen-bond donors (Lipinski definition) is 4. The molecule has 1 fully saturated rings. The number of unbranched alkanes of at least 4 members (excludes halogenated alkanes) is 8. The van der Waals surface area contributed by atoms with Crippen LogP contribution in [-0.4, -0.2) is 41.3 Å². The Kier molecular flexibility index (Phi) is 15.4. The van der Waals surface area contributed by atoms with Crippen LogP contribution in [0.15, 0.2) is 10.9 Å². The Morgan fingerprint density at radius 1 is 1.00 bits per heavy atom. The third-order valence-electron chi connectivity index (χ3n) is 8.42. The lowest BCUT2D eigenvalue weighted by atomic mass is 9.62. The highest BCUT2D eigenvalue weighted by atomic mass is 16.5. The number of aryl methyl sites for hydroxylation is 1. The SMILES string of the molecule is CCCCCCCCC(CCCCCC)COC(=O)NC1CC(C)(C)CC(C)(CNC(=O)Nc2nc(C)cc(=O)[nH]2)C1. The number of rotatable bonds is 18. The summed E-state index contributed by atoms with van der Waals surface area (Å²) < 4.78 is 5.81. The summed E-state index contributed by atoms with van der Waals surface area (Å²) in [6.07, 6.45) is 17.0. The number of hydrogen-bond acceptors (Lipinski definition) is 5. The molecule has 0 saturated heterocycles. The Morgan fingerprint density at radius 2 is 1.62 bits per heavy atom.